The molecule has 0 bridgehead atoms. The third-order valence-corrected chi connectivity index (χ3v) is 2.43. The highest BCUT2D eigenvalue weighted by Gasteiger charge is 2.16. The van der Waals surface area contributed by atoms with Gasteiger partial charge in [-0.3, -0.25) is 0 Å². The SMILES string of the molecule is Cc1nonc1CNCC(C)(C)CCO. The van der Waals surface area contributed by atoms with E-state index in [-0.39, 0.29) is 12.0 Å². The highest BCUT2D eigenvalue weighted by molar-refractivity contribution is 5.03. The Balaban J connectivity index is 2.30. The van der Waals surface area contributed by atoms with Gasteiger partial charge in [0.2, 0.25) is 0 Å². The van der Waals surface area contributed by atoms with E-state index < -0.39 is 0 Å². The van der Waals surface area contributed by atoms with Crippen LogP contribution in [-0.2, 0) is 6.54 Å². The van der Waals surface area contributed by atoms with Gasteiger partial charge in [0.15, 0.2) is 0 Å². The first-order valence-corrected chi connectivity index (χ1v) is 5.15. The number of aliphatic hydroxyl groups excluding tert-OH is 1. The fraction of sp³-hybridized carbons (Fsp3) is 0.800. The molecular formula is C10H19N3O2. The van der Waals surface area contributed by atoms with Gasteiger partial charge in [-0.15, -0.1) is 0 Å². The van der Waals surface area contributed by atoms with E-state index in [0.717, 1.165) is 24.4 Å². The van der Waals surface area contributed by atoms with E-state index in [1.54, 1.807) is 0 Å². The first kappa shape index (κ1) is 12.1. The minimum Gasteiger partial charge on any atom is -0.396 e. The maximum Gasteiger partial charge on any atom is 0.121 e. The molecule has 0 saturated carbocycles. The van der Waals surface area contributed by atoms with Crippen LogP contribution in [0, 0.1) is 12.3 Å². The van der Waals surface area contributed by atoms with Gasteiger partial charge in [-0.2, -0.15) is 0 Å². The van der Waals surface area contributed by atoms with E-state index in [1.165, 1.54) is 0 Å². The van der Waals surface area contributed by atoms with Crippen LogP contribution in [0.15, 0.2) is 4.63 Å². The van der Waals surface area contributed by atoms with E-state index in [0.29, 0.717) is 6.54 Å². The molecule has 2 N–H and O–H groups in total. The van der Waals surface area contributed by atoms with Crippen LogP contribution < -0.4 is 5.32 Å². The van der Waals surface area contributed by atoms with Gasteiger partial charge < -0.3 is 10.4 Å². The molecule has 0 aliphatic heterocycles. The molecular weight excluding hydrogens is 194 g/mol. The summed E-state index contributed by atoms with van der Waals surface area (Å²) in [6.07, 6.45) is 0.788. The molecule has 0 aromatic carbocycles. The van der Waals surface area contributed by atoms with Gasteiger partial charge >= 0.3 is 0 Å². The minimum atomic E-state index is 0.0970. The zero-order valence-electron chi connectivity index (χ0n) is 9.58. The van der Waals surface area contributed by atoms with Crippen LogP contribution >= 0.6 is 0 Å². The van der Waals surface area contributed by atoms with E-state index in [4.69, 9.17) is 5.11 Å². The lowest BCUT2D eigenvalue weighted by atomic mass is 9.90. The number of rotatable bonds is 6. The van der Waals surface area contributed by atoms with Crippen LogP contribution in [0.1, 0.15) is 31.7 Å². The third-order valence-electron chi connectivity index (χ3n) is 2.43. The molecule has 0 amide bonds. The maximum atomic E-state index is 8.86. The fourth-order valence-electron chi connectivity index (χ4n) is 1.32. The van der Waals surface area contributed by atoms with Crippen LogP contribution in [0.5, 0.6) is 0 Å². The lowest BCUT2D eigenvalue weighted by Crippen LogP contribution is -2.30. The van der Waals surface area contributed by atoms with Crippen LogP contribution in [-0.4, -0.2) is 28.6 Å². The Morgan fingerprint density at radius 2 is 2.13 bits per heavy atom. The molecule has 1 aromatic rings. The summed E-state index contributed by atoms with van der Waals surface area (Å²) >= 11 is 0. The van der Waals surface area contributed by atoms with Gasteiger partial charge in [-0.05, 0) is 18.8 Å². The summed E-state index contributed by atoms with van der Waals surface area (Å²) in [6, 6.07) is 0. The summed E-state index contributed by atoms with van der Waals surface area (Å²) in [7, 11) is 0. The van der Waals surface area contributed by atoms with Gasteiger partial charge in [0, 0.05) is 19.7 Å². The van der Waals surface area contributed by atoms with Gasteiger partial charge in [0.05, 0.1) is 0 Å². The summed E-state index contributed by atoms with van der Waals surface area (Å²) in [6.45, 7) is 7.81. The highest BCUT2D eigenvalue weighted by Crippen LogP contribution is 2.18. The predicted molar refractivity (Wildman–Crippen MR) is 56.2 cm³/mol. The second kappa shape index (κ2) is 5.23. The van der Waals surface area contributed by atoms with Crippen LogP contribution in [0.2, 0.25) is 0 Å². The summed E-state index contributed by atoms with van der Waals surface area (Å²) < 4.78 is 4.60. The van der Waals surface area contributed by atoms with Crippen molar-refractivity contribution >= 4 is 0 Å². The Morgan fingerprint density at radius 1 is 1.40 bits per heavy atom. The lowest BCUT2D eigenvalue weighted by molar-refractivity contribution is 0.206. The van der Waals surface area contributed by atoms with Crippen molar-refractivity contribution in [1.82, 2.24) is 15.6 Å². The van der Waals surface area contributed by atoms with Crippen LogP contribution in [0.4, 0.5) is 0 Å². The average molecular weight is 213 g/mol. The van der Waals surface area contributed by atoms with E-state index in [9.17, 15) is 0 Å². The van der Waals surface area contributed by atoms with Crippen molar-refractivity contribution in [3.63, 3.8) is 0 Å². The zero-order chi connectivity index (χ0) is 11.3. The second-order valence-electron chi connectivity index (χ2n) is 4.54. The predicted octanol–water partition coefficient (Wildman–Crippen LogP) is 0.876. The molecule has 0 aliphatic carbocycles. The van der Waals surface area contributed by atoms with Gasteiger partial charge in [0.1, 0.15) is 11.4 Å². The molecule has 1 aromatic heterocycles. The Bertz CT molecular complexity index is 297. The number of hydrogen-bond acceptors (Lipinski definition) is 5. The summed E-state index contributed by atoms with van der Waals surface area (Å²) in [4.78, 5) is 0. The van der Waals surface area contributed by atoms with E-state index in [2.05, 4.69) is 34.1 Å². The number of aromatic nitrogens is 2. The average Bonchev–Trinajstić information content (AvgIpc) is 2.51. The maximum absolute atomic E-state index is 8.86. The molecule has 15 heavy (non-hydrogen) atoms. The monoisotopic (exact) mass is 213 g/mol. The van der Waals surface area contributed by atoms with Crippen molar-refractivity contribution in [2.75, 3.05) is 13.2 Å². The minimum absolute atomic E-state index is 0.0970. The van der Waals surface area contributed by atoms with Gasteiger partial charge in [0.25, 0.3) is 0 Å². The largest absolute Gasteiger partial charge is 0.396 e. The Hall–Kier alpha value is -0.940. The number of aryl methyl sites for hydroxylation is 1. The van der Waals surface area contributed by atoms with Crippen LogP contribution in [0.3, 0.4) is 0 Å². The standard InChI is InChI=1S/C10H19N3O2/c1-8-9(13-15-12-8)6-11-7-10(2,3)4-5-14/h11,14H,4-7H2,1-3H3. The van der Waals surface area contributed by atoms with Crippen molar-refractivity contribution in [3.05, 3.63) is 11.4 Å². The molecule has 5 heteroatoms. The summed E-state index contributed by atoms with van der Waals surface area (Å²) in [5.74, 6) is 0. The van der Waals surface area contributed by atoms with Gasteiger partial charge in [-0.25, -0.2) is 4.63 Å². The van der Waals surface area contributed by atoms with Gasteiger partial charge in [-0.1, -0.05) is 24.2 Å². The molecule has 0 aliphatic rings. The number of nitrogens with one attached hydrogen (secondary N) is 1. The van der Waals surface area contributed by atoms with E-state index >= 15 is 0 Å². The highest BCUT2D eigenvalue weighted by atomic mass is 16.6. The van der Waals surface area contributed by atoms with Crippen molar-refractivity contribution in [3.8, 4) is 0 Å². The van der Waals surface area contributed by atoms with Crippen LogP contribution in [0.25, 0.3) is 0 Å². The molecule has 0 radical (unpaired) electrons. The van der Waals surface area contributed by atoms with Crippen molar-refractivity contribution in [1.29, 1.82) is 0 Å². The smallest absolute Gasteiger partial charge is 0.121 e. The molecule has 1 heterocycles. The van der Waals surface area contributed by atoms with Crippen molar-refractivity contribution < 1.29 is 9.74 Å². The lowest BCUT2D eigenvalue weighted by Gasteiger charge is -2.23. The topological polar surface area (TPSA) is 71.2 Å². The Morgan fingerprint density at radius 3 is 2.67 bits per heavy atom. The fourth-order valence-corrected chi connectivity index (χ4v) is 1.32. The van der Waals surface area contributed by atoms with Crippen molar-refractivity contribution in [2.24, 2.45) is 5.41 Å². The first-order valence-electron chi connectivity index (χ1n) is 5.15. The third kappa shape index (κ3) is 3.97. The Kier molecular flexibility index (Phi) is 4.23. The molecule has 0 saturated heterocycles. The molecule has 0 atom stereocenters. The molecule has 0 fully saturated rings. The zero-order valence-corrected chi connectivity index (χ0v) is 9.58. The number of hydrogen-bond donors (Lipinski definition) is 2. The summed E-state index contributed by atoms with van der Waals surface area (Å²) in [5, 5.41) is 19.6. The Labute approximate surface area is 89.8 Å². The number of nitrogens with zero attached hydrogens (tertiary/aromatic N) is 2. The van der Waals surface area contributed by atoms with E-state index in [1.807, 2.05) is 6.92 Å². The molecule has 0 spiro atoms. The molecule has 86 valence electrons. The number of aliphatic hydroxyl groups is 1. The normalized spacial score (nSPS) is 12.0. The first-order chi connectivity index (χ1) is 7.05. The van der Waals surface area contributed by atoms with Crippen molar-refractivity contribution in [2.45, 2.75) is 33.7 Å². The summed E-state index contributed by atoms with van der Waals surface area (Å²) in [5.41, 5.74) is 1.76. The molecule has 0 unspecified atom stereocenters. The molecule has 5 nitrogen and oxygen atoms in total. The molecule has 1 rings (SSSR count). The second-order valence-corrected chi connectivity index (χ2v) is 4.54. The quantitative estimate of drug-likeness (QED) is 0.734.